The van der Waals surface area contributed by atoms with E-state index in [0.29, 0.717) is 34.3 Å². The normalized spacial score (nSPS) is 19.0. The van der Waals surface area contributed by atoms with Gasteiger partial charge in [0.2, 0.25) is 5.16 Å². The molecule has 0 bridgehead atoms. The van der Waals surface area contributed by atoms with E-state index in [1.807, 2.05) is 19.1 Å². The number of carboxylic acids is 1. The Labute approximate surface area is 159 Å². The Morgan fingerprint density at radius 3 is 2.93 bits per heavy atom. The number of nitrogens with zero attached hydrogens (tertiary/aromatic N) is 4. The summed E-state index contributed by atoms with van der Waals surface area (Å²) >= 11 is 0.987. The highest BCUT2D eigenvalue weighted by Gasteiger charge is 2.36. The molecule has 140 valence electrons. The van der Waals surface area contributed by atoms with Crippen LogP contribution in [0.15, 0.2) is 43.6 Å². The van der Waals surface area contributed by atoms with Crippen molar-refractivity contribution in [3.05, 3.63) is 41.7 Å². The number of aromatic nitrogens is 3. The second-order valence-electron chi connectivity index (χ2n) is 6.47. The van der Waals surface area contributed by atoms with Crippen molar-refractivity contribution in [2.75, 3.05) is 5.75 Å². The van der Waals surface area contributed by atoms with Crippen molar-refractivity contribution in [1.82, 2.24) is 14.9 Å². The van der Waals surface area contributed by atoms with Crippen LogP contribution in [0.4, 0.5) is 0 Å². The van der Waals surface area contributed by atoms with Gasteiger partial charge in [0.1, 0.15) is 17.3 Å². The molecule has 3 aromatic rings. The summed E-state index contributed by atoms with van der Waals surface area (Å²) in [5, 5.41) is 23.7. The fraction of sp³-hybridized carbons (Fsp3) is 0.333. The maximum absolute atomic E-state index is 10.8. The quantitative estimate of drug-likeness (QED) is 0.453. The first-order chi connectivity index (χ1) is 13.0. The molecule has 2 atom stereocenters. The number of furan rings is 2. The summed E-state index contributed by atoms with van der Waals surface area (Å²) in [6, 6.07) is 5.59. The average molecular weight is 385 g/mol. The molecule has 4 rings (SSSR count). The van der Waals surface area contributed by atoms with Gasteiger partial charge in [0.25, 0.3) is 0 Å². The molecular formula is C18H17N4O4S-. The highest BCUT2D eigenvalue weighted by Crippen LogP contribution is 2.47. The molecule has 0 aromatic carbocycles. The number of hydrogen-bond acceptors (Lipinski definition) is 8. The van der Waals surface area contributed by atoms with Crippen LogP contribution in [0.3, 0.4) is 0 Å². The Hall–Kier alpha value is -2.81. The van der Waals surface area contributed by atoms with Crippen LogP contribution >= 0.6 is 11.8 Å². The van der Waals surface area contributed by atoms with Crippen LogP contribution in [0.2, 0.25) is 0 Å². The molecule has 9 heteroatoms. The van der Waals surface area contributed by atoms with E-state index < -0.39 is 5.97 Å². The summed E-state index contributed by atoms with van der Waals surface area (Å²) in [6.07, 6.45) is 4.27. The fourth-order valence-electron chi connectivity index (χ4n) is 2.84. The minimum atomic E-state index is -1.19. The first-order valence-corrected chi connectivity index (χ1v) is 9.48. The number of aliphatic carboxylic acids is 1. The maximum Gasteiger partial charge on any atom is 0.212 e. The highest BCUT2D eigenvalue weighted by atomic mass is 32.2. The zero-order chi connectivity index (χ0) is 19.0. The molecule has 3 heterocycles. The van der Waals surface area contributed by atoms with E-state index in [1.165, 1.54) is 4.68 Å². The van der Waals surface area contributed by atoms with Gasteiger partial charge in [-0.15, -0.1) is 10.2 Å². The van der Waals surface area contributed by atoms with Crippen LogP contribution in [0.5, 0.6) is 0 Å². The van der Waals surface area contributed by atoms with Gasteiger partial charge in [-0.1, -0.05) is 18.7 Å². The third kappa shape index (κ3) is 3.68. The average Bonchev–Trinajstić information content (AvgIpc) is 3.03. The molecule has 1 fully saturated rings. The van der Waals surface area contributed by atoms with Crippen molar-refractivity contribution >= 4 is 23.9 Å². The zero-order valence-electron chi connectivity index (χ0n) is 14.8. The van der Waals surface area contributed by atoms with Crippen molar-refractivity contribution in [3.8, 4) is 11.4 Å². The van der Waals surface area contributed by atoms with E-state index >= 15 is 0 Å². The minimum Gasteiger partial charge on any atom is -0.549 e. The molecule has 1 aliphatic rings. The van der Waals surface area contributed by atoms with Crippen LogP contribution in [0.25, 0.3) is 11.4 Å². The van der Waals surface area contributed by atoms with Crippen LogP contribution in [-0.2, 0) is 4.79 Å². The van der Waals surface area contributed by atoms with Gasteiger partial charge < -0.3 is 18.7 Å². The van der Waals surface area contributed by atoms with E-state index in [1.54, 1.807) is 18.5 Å². The lowest BCUT2D eigenvalue weighted by Gasteiger charge is -2.04. The topological polar surface area (TPSA) is 109 Å². The molecule has 0 unspecified atom stereocenters. The summed E-state index contributed by atoms with van der Waals surface area (Å²) in [5.41, 5.74) is 0.729. The molecule has 0 amide bonds. The second kappa shape index (κ2) is 7.07. The van der Waals surface area contributed by atoms with Gasteiger partial charge in [-0.25, -0.2) is 0 Å². The minimum absolute atomic E-state index is 0.248. The SMILES string of the molecule is Cc1occc1-c1nnc(SCC(=O)[O-])n1/N=C\c1ccc([C@@H]2C[C@H]2C)o1. The molecule has 0 aliphatic heterocycles. The second-order valence-corrected chi connectivity index (χ2v) is 7.42. The molecule has 3 aromatic heterocycles. The Balaban J connectivity index is 1.64. The van der Waals surface area contributed by atoms with Crippen molar-refractivity contribution in [2.45, 2.75) is 31.3 Å². The van der Waals surface area contributed by atoms with E-state index in [2.05, 4.69) is 22.2 Å². The molecule has 0 N–H and O–H groups in total. The molecule has 8 nitrogen and oxygen atoms in total. The molecule has 1 aliphatic carbocycles. The molecule has 27 heavy (non-hydrogen) atoms. The van der Waals surface area contributed by atoms with Crippen molar-refractivity contribution < 1.29 is 18.7 Å². The van der Waals surface area contributed by atoms with E-state index in [0.717, 1.165) is 29.5 Å². The van der Waals surface area contributed by atoms with Gasteiger partial charge in [0.05, 0.1) is 24.0 Å². The number of thioether (sulfide) groups is 1. The maximum atomic E-state index is 10.8. The first-order valence-electron chi connectivity index (χ1n) is 8.49. The van der Waals surface area contributed by atoms with Crippen molar-refractivity contribution in [3.63, 3.8) is 0 Å². The van der Waals surface area contributed by atoms with Gasteiger partial charge in [-0.3, -0.25) is 0 Å². The Bertz CT molecular complexity index is 1000. The number of carboxylic acid groups (broad SMARTS) is 1. The largest absolute Gasteiger partial charge is 0.549 e. The third-order valence-corrected chi connectivity index (χ3v) is 5.35. The van der Waals surface area contributed by atoms with E-state index in [-0.39, 0.29) is 5.75 Å². The lowest BCUT2D eigenvalue weighted by molar-refractivity contribution is -0.301. The van der Waals surface area contributed by atoms with Crippen LogP contribution < -0.4 is 5.11 Å². The standard InChI is InChI=1S/C18H18N4O4S/c1-10-7-14(10)15-4-3-12(26-15)8-19-22-17(13-5-6-25-11(13)2)20-21-18(22)27-9-16(23)24/h3-6,8,10,14H,7,9H2,1-2H3,(H,23,24)/p-1/b19-8-/t10-,14-/m1/s1. The summed E-state index contributed by atoms with van der Waals surface area (Å²) in [4.78, 5) is 10.8. The summed E-state index contributed by atoms with van der Waals surface area (Å²) < 4.78 is 12.6. The summed E-state index contributed by atoms with van der Waals surface area (Å²) in [6.45, 7) is 4.00. The summed E-state index contributed by atoms with van der Waals surface area (Å²) in [7, 11) is 0. The number of rotatable bonds is 7. The Kier molecular flexibility index (Phi) is 4.61. The molecule has 0 radical (unpaired) electrons. The number of aryl methyl sites for hydroxylation is 1. The molecule has 0 spiro atoms. The third-order valence-electron chi connectivity index (χ3n) is 4.45. The highest BCUT2D eigenvalue weighted by molar-refractivity contribution is 7.99. The number of carbonyl (C=O) groups is 1. The van der Waals surface area contributed by atoms with Gasteiger partial charge in [0.15, 0.2) is 5.82 Å². The smallest absolute Gasteiger partial charge is 0.212 e. The fourth-order valence-corrected chi connectivity index (χ4v) is 3.44. The predicted octanol–water partition coefficient (Wildman–Crippen LogP) is 2.29. The number of hydrogen-bond donors (Lipinski definition) is 0. The van der Waals surface area contributed by atoms with E-state index in [9.17, 15) is 9.90 Å². The first kappa shape index (κ1) is 17.6. The van der Waals surface area contributed by atoms with Gasteiger partial charge in [-0.2, -0.15) is 9.78 Å². The molecule has 1 saturated carbocycles. The van der Waals surface area contributed by atoms with E-state index in [4.69, 9.17) is 8.83 Å². The predicted molar refractivity (Wildman–Crippen MR) is 96.4 cm³/mol. The van der Waals surface area contributed by atoms with Gasteiger partial charge in [0, 0.05) is 11.7 Å². The lowest BCUT2D eigenvalue weighted by atomic mass is 10.2. The lowest BCUT2D eigenvalue weighted by Crippen LogP contribution is -2.24. The van der Waals surface area contributed by atoms with Crippen LogP contribution in [0, 0.1) is 12.8 Å². The summed E-state index contributed by atoms with van der Waals surface area (Å²) in [5.74, 6) is 2.41. The van der Waals surface area contributed by atoms with Crippen molar-refractivity contribution in [1.29, 1.82) is 0 Å². The monoisotopic (exact) mass is 385 g/mol. The van der Waals surface area contributed by atoms with Crippen LogP contribution in [-0.4, -0.2) is 32.8 Å². The Morgan fingerprint density at radius 1 is 1.44 bits per heavy atom. The Morgan fingerprint density at radius 2 is 2.26 bits per heavy atom. The number of carbonyl (C=O) groups excluding carboxylic acids is 1. The molecule has 0 saturated heterocycles. The van der Waals surface area contributed by atoms with Crippen LogP contribution in [0.1, 0.15) is 36.5 Å². The van der Waals surface area contributed by atoms with Gasteiger partial charge in [-0.05, 0) is 37.5 Å². The molecular weight excluding hydrogens is 368 g/mol. The van der Waals surface area contributed by atoms with Gasteiger partial charge >= 0.3 is 0 Å². The zero-order valence-corrected chi connectivity index (χ0v) is 15.6. The van der Waals surface area contributed by atoms with Crippen molar-refractivity contribution in [2.24, 2.45) is 11.0 Å².